The number of hydrazone groups is 1. The van der Waals surface area contributed by atoms with Crippen molar-refractivity contribution in [1.29, 1.82) is 0 Å². The molecule has 0 radical (unpaired) electrons. The normalized spacial score (nSPS) is 20.3. The van der Waals surface area contributed by atoms with Gasteiger partial charge in [0.1, 0.15) is 5.82 Å². The highest BCUT2D eigenvalue weighted by atomic mass is 35.5. The molecule has 1 N–H and O–H groups in total. The van der Waals surface area contributed by atoms with E-state index in [1.165, 1.54) is 6.07 Å². The lowest BCUT2D eigenvalue weighted by atomic mass is 9.84. The highest BCUT2D eigenvalue weighted by molar-refractivity contribution is 6.34. The minimum absolute atomic E-state index is 0.157. The average Bonchev–Trinajstić information content (AvgIpc) is 3.14. The summed E-state index contributed by atoms with van der Waals surface area (Å²) in [6.45, 7) is 3.58. The fourth-order valence-corrected chi connectivity index (χ4v) is 4.28. The predicted molar refractivity (Wildman–Crippen MR) is 109 cm³/mol. The Labute approximate surface area is 169 Å². The van der Waals surface area contributed by atoms with Gasteiger partial charge in [-0.3, -0.25) is 4.79 Å². The Hall–Kier alpha value is -2.40. The van der Waals surface area contributed by atoms with Crippen LogP contribution in [-0.2, 0) is 0 Å². The van der Waals surface area contributed by atoms with Crippen LogP contribution in [0.4, 0.5) is 4.39 Å². The Bertz CT molecular complexity index is 910. The van der Waals surface area contributed by atoms with Crippen molar-refractivity contribution in [2.24, 2.45) is 16.9 Å². The molecule has 1 fully saturated rings. The highest BCUT2D eigenvalue weighted by Gasteiger charge is 2.35. The second-order valence-electron chi connectivity index (χ2n) is 7.75. The summed E-state index contributed by atoms with van der Waals surface area (Å²) in [5.41, 5.74) is 5.38. The Morgan fingerprint density at radius 1 is 1.25 bits per heavy atom. The Morgan fingerprint density at radius 2 is 1.96 bits per heavy atom. The lowest BCUT2D eigenvalue weighted by molar-refractivity contribution is 0.0441. The molecule has 146 valence electrons. The molecule has 2 atom stereocenters. The highest BCUT2D eigenvalue weighted by Crippen LogP contribution is 2.30. The first-order valence-electron chi connectivity index (χ1n) is 9.63. The van der Waals surface area contributed by atoms with Gasteiger partial charge in [0.05, 0.1) is 17.3 Å². The number of carbonyl (C=O) groups is 1. The van der Waals surface area contributed by atoms with Gasteiger partial charge in [0.15, 0.2) is 0 Å². The monoisotopic (exact) mass is 399 g/mol. The second kappa shape index (κ2) is 7.92. The summed E-state index contributed by atoms with van der Waals surface area (Å²) < 4.78 is 13.8. The topological polar surface area (TPSA) is 44.7 Å². The lowest BCUT2D eigenvalue weighted by Gasteiger charge is -2.41. The Kier molecular flexibility index (Phi) is 5.36. The number of benzene rings is 2. The quantitative estimate of drug-likeness (QED) is 0.812. The summed E-state index contributed by atoms with van der Waals surface area (Å²) in [4.78, 5) is 14.1. The Balaban J connectivity index is 1.27. The van der Waals surface area contributed by atoms with Crippen molar-refractivity contribution in [3.63, 3.8) is 0 Å². The third-order valence-electron chi connectivity index (χ3n) is 5.70. The average molecular weight is 400 g/mol. The van der Waals surface area contributed by atoms with Crippen molar-refractivity contribution < 1.29 is 9.18 Å². The molecule has 0 spiro atoms. The maximum absolute atomic E-state index is 13.8. The van der Waals surface area contributed by atoms with Crippen LogP contribution < -0.4 is 5.43 Å². The van der Waals surface area contributed by atoms with E-state index in [-0.39, 0.29) is 17.5 Å². The molecule has 2 aromatic rings. The maximum Gasteiger partial charge on any atom is 0.256 e. The molecule has 2 aliphatic heterocycles. The zero-order valence-corrected chi connectivity index (χ0v) is 16.5. The van der Waals surface area contributed by atoms with Crippen LogP contribution in [0.5, 0.6) is 0 Å². The van der Waals surface area contributed by atoms with E-state index in [2.05, 4.69) is 17.5 Å². The number of amides is 1. The van der Waals surface area contributed by atoms with Gasteiger partial charge in [0.25, 0.3) is 5.91 Å². The summed E-state index contributed by atoms with van der Waals surface area (Å²) >= 11 is 6.28. The maximum atomic E-state index is 13.8. The molecule has 2 aromatic carbocycles. The molecular weight excluding hydrogens is 377 g/mol. The molecule has 4 rings (SSSR count). The van der Waals surface area contributed by atoms with Crippen LogP contribution in [0.25, 0.3) is 0 Å². The first-order chi connectivity index (χ1) is 13.5. The van der Waals surface area contributed by atoms with Gasteiger partial charge in [-0.25, -0.2) is 4.39 Å². The van der Waals surface area contributed by atoms with Crippen molar-refractivity contribution in [2.75, 3.05) is 13.1 Å². The van der Waals surface area contributed by atoms with E-state index < -0.39 is 5.82 Å². The fourth-order valence-electron chi connectivity index (χ4n) is 4.03. The summed E-state index contributed by atoms with van der Waals surface area (Å²) in [5, 5.41) is 5.21. The number of likely N-dealkylation sites (tertiary alicyclic amines) is 1. The molecule has 2 unspecified atom stereocenters. The first-order valence-corrected chi connectivity index (χ1v) is 10.0. The molecule has 2 aliphatic rings. The van der Waals surface area contributed by atoms with Crippen LogP contribution in [0.3, 0.4) is 0 Å². The minimum Gasteiger partial charge on any atom is -0.338 e. The van der Waals surface area contributed by atoms with E-state index in [0.717, 1.165) is 29.1 Å². The number of hydrogen-bond acceptors (Lipinski definition) is 3. The standard InChI is InChI=1S/C22H23ClFN3O/c1-14(20-11-21(26-25-20)16-6-2-4-8-18(16)23)10-15-12-27(13-15)22(28)17-7-3-5-9-19(17)24/h2-9,14-15,20,25H,10-13H2,1H3. The van der Waals surface area contributed by atoms with E-state index in [1.807, 2.05) is 24.3 Å². The number of nitrogens with zero attached hydrogens (tertiary/aromatic N) is 2. The summed E-state index contributed by atoms with van der Waals surface area (Å²) in [6, 6.07) is 14.2. The largest absolute Gasteiger partial charge is 0.338 e. The third-order valence-corrected chi connectivity index (χ3v) is 6.03. The summed E-state index contributed by atoms with van der Waals surface area (Å²) in [5.74, 6) is 0.186. The van der Waals surface area contributed by atoms with E-state index in [4.69, 9.17) is 11.6 Å². The van der Waals surface area contributed by atoms with Gasteiger partial charge >= 0.3 is 0 Å². The van der Waals surface area contributed by atoms with Crippen LogP contribution in [0.2, 0.25) is 5.02 Å². The van der Waals surface area contributed by atoms with E-state index in [1.54, 1.807) is 23.1 Å². The van der Waals surface area contributed by atoms with Gasteiger partial charge in [-0.05, 0) is 36.5 Å². The van der Waals surface area contributed by atoms with Gasteiger partial charge in [0.2, 0.25) is 0 Å². The molecule has 0 bridgehead atoms. The van der Waals surface area contributed by atoms with Crippen LogP contribution in [0.1, 0.15) is 35.7 Å². The van der Waals surface area contributed by atoms with Gasteiger partial charge in [-0.15, -0.1) is 0 Å². The molecule has 4 nitrogen and oxygen atoms in total. The third kappa shape index (κ3) is 3.76. The van der Waals surface area contributed by atoms with Crippen molar-refractivity contribution in [1.82, 2.24) is 10.3 Å². The van der Waals surface area contributed by atoms with Gasteiger partial charge in [-0.2, -0.15) is 5.10 Å². The van der Waals surface area contributed by atoms with E-state index in [0.29, 0.717) is 24.9 Å². The van der Waals surface area contributed by atoms with Crippen LogP contribution in [0, 0.1) is 17.7 Å². The number of hydrogen-bond donors (Lipinski definition) is 1. The molecule has 0 saturated carbocycles. The molecular formula is C22H23ClFN3O. The predicted octanol–water partition coefficient (Wildman–Crippen LogP) is 4.34. The first kappa shape index (κ1) is 18.9. The van der Waals surface area contributed by atoms with Crippen LogP contribution >= 0.6 is 11.6 Å². The number of rotatable bonds is 5. The van der Waals surface area contributed by atoms with Crippen molar-refractivity contribution in [3.8, 4) is 0 Å². The fraction of sp³-hybridized carbons (Fsp3) is 0.364. The SMILES string of the molecule is CC(CC1CN(C(=O)c2ccccc2F)C1)C1CC(c2ccccc2Cl)=NN1. The number of halogens is 2. The van der Waals surface area contributed by atoms with Crippen LogP contribution in [-0.4, -0.2) is 35.7 Å². The molecule has 1 amide bonds. The number of carbonyl (C=O) groups excluding carboxylic acids is 1. The zero-order valence-electron chi connectivity index (χ0n) is 15.7. The molecule has 0 aromatic heterocycles. The summed E-state index contributed by atoms with van der Waals surface area (Å²) in [7, 11) is 0. The molecule has 1 saturated heterocycles. The zero-order chi connectivity index (χ0) is 19.7. The lowest BCUT2D eigenvalue weighted by Crippen LogP contribution is -2.51. The van der Waals surface area contributed by atoms with Crippen molar-refractivity contribution in [2.45, 2.75) is 25.8 Å². The van der Waals surface area contributed by atoms with E-state index >= 15 is 0 Å². The van der Waals surface area contributed by atoms with Gasteiger partial charge < -0.3 is 10.3 Å². The molecule has 28 heavy (non-hydrogen) atoms. The van der Waals surface area contributed by atoms with Crippen molar-refractivity contribution in [3.05, 3.63) is 70.5 Å². The minimum atomic E-state index is -0.455. The van der Waals surface area contributed by atoms with Crippen molar-refractivity contribution >= 4 is 23.2 Å². The van der Waals surface area contributed by atoms with Gasteiger partial charge in [0, 0.05) is 30.1 Å². The second-order valence-corrected chi connectivity index (χ2v) is 8.15. The van der Waals surface area contributed by atoms with E-state index in [9.17, 15) is 9.18 Å². The van der Waals surface area contributed by atoms with Gasteiger partial charge in [-0.1, -0.05) is 48.9 Å². The van der Waals surface area contributed by atoms with Crippen LogP contribution in [0.15, 0.2) is 53.6 Å². The molecule has 0 aliphatic carbocycles. The smallest absolute Gasteiger partial charge is 0.256 e. The molecule has 2 heterocycles. The Morgan fingerprint density at radius 3 is 2.71 bits per heavy atom. The summed E-state index contributed by atoms with van der Waals surface area (Å²) in [6.07, 6.45) is 1.85. The number of nitrogens with one attached hydrogen (secondary N) is 1. The molecule has 6 heteroatoms.